The molecule has 2 aromatic rings. The molecule has 0 bridgehead atoms. The van der Waals surface area contributed by atoms with Crippen molar-refractivity contribution in [3.05, 3.63) is 42.2 Å². The second-order valence-electron chi connectivity index (χ2n) is 5.26. The fourth-order valence-electron chi connectivity index (χ4n) is 1.97. The highest BCUT2D eigenvalue weighted by Crippen LogP contribution is 2.21. The van der Waals surface area contributed by atoms with Gasteiger partial charge in [0, 0.05) is 24.3 Å². The SMILES string of the molecule is CC(C)Cn1cc(-c2ccc(C(C)N)cc2)cn1.Cl. The molecule has 0 saturated heterocycles. The lowest BCUT2D eigenvalue weighted by Gasteiger charge is -2.06. The number of hydrogen-bond donors (Lipinski definition) is 1. The highest BCUT2D eigenvalue weighted by molar-refractivity contribution is 5.85. The summed E-state index contributed by atoms with van der Waals surface area (Å²) in [5, 5.41) is 4.38. The molecule has 1 unspecified atom stereocenters. The zero-order chi connectivity index (χ0) is 13.1. The van der Waals surface area contributed by atoms with Crippen molar-refractivity contribution in [2.45, 2.75) is 33.4 Å². The van der Waals surface area contributed by atoms with E-state index in [-0.39, 0.29) is 18.4 Å². The maximum atomic E-state index is 5.84. The van der Waals surface area contributed by atoms with Gasteiger partial charge in [0.15, 0.2) is 0 Å². The Bertz CT molecular complexity index is 500. The molecular formula is C15H22ClN3. The van der Waals surface area contributed by atoms with Crippen molar-refractivity contribution in [3.8, 4) is 11.1 Å². The first-order chi connectivity index (χ1) is 8.56. The summed E-state index contributed by atoms with van der Waals surface area (Å²) < 4.78 is 2.00. The fraction of sp³-hybridized carbons (Fsp3) is 0.400. The van der Waals surface area contributed by atoms with Gasteiger partial charge >= 0.3 is 0 Å². The molecule has 0 saturated carbocycles. The van der Waals surface area contributed by atoms with Gasteiger partial charge in [-0.05, 0) is 24.0 Å². The molecule has 19 heavy (non-hydrogen) atoms. The fourth-order valence-corrected chi connectivity index (χ4v) is 1.97. The minimum absolute atomic E-state index is 0. The van der Waals surface area contributed by atoms with Gasteiger partial charge in [-0.2, -0.15) is 5.10 Å². The molecule has 0 radical (unpaired) electrons. The van der Waals surface area contributed by atoms with Crippen LogP contribution in [0.4, 0.5) is 0 Å². The molecule has 0 fully saturated rings. The first-order valence-corrected chi connectivity index (χ1v) is 6.44. The normalized spacial score (nSPS) is 12.3. The van der Waals surface area contributed by atoms with Crippen molar-refractivity contribution in [2.24, 2.45) is 11.7 Å². The van der Waals surface area contributed by atoms with Crippen LogP contribution in [0.5, 0.6) is 0 Å². The van der Waals surface area contributed by atoms with Gasteiger partial charge in [-0.3, -0.25) is 4.68 Å². The van der Waals surface area contributed by atoms with E-state index < -0.39 is 0 Å². The number of halogens is 1. The maximum Gasteiger partial charge on any atom is 0.0568 e. The lowest BCUT2D eigenvalue weighted by Crippen LogP contribution is -2.04. The van der Waals surface area contributed by atoms with Gasteiger partial charge in [0.1, 0.15) is 0 Å². The summed E-state index contributed by atoms with van der Waals surface area (Å²) in [5.74, 6) is 0.609. The Balaban J connectivity index is 0.00000180. The van der Waals surface area contributed by atoms with E-state index in [1.807, 2.05) is 17.8 Å². The molecule has 1 heterocycles. The summed E-state index contributed by atoms with van der Waals surface area (Å²) >= 11 is 0. The van der Waals surface area contributed by atoms with E-state index in [2.05, 4.69) is 49.4 Å². The van der Waals surface area contributed by atoms with Crippen LogP contribution >= 0.6 is 12.4 Å². The zero-order valence-electron chi connectivity index (χ0n) is 11.7. The van der Waals surface area contributed by atoms with E-state index in [1.54, 1.807) is 0 Å². The highest BCUT2D eigenvalue weighted by atomic mass is 35.5. The molecule has 0 aliphatic carbocycles. The molecule has 1 aromatic heterocycles. The first-order valence-electron chi connectivity index (χ1n) is 6.44. The number of benzene rings is 1. The molecule has 0 amide bonds. The van der Waals surface area contributed by atoms with Gasteiger partial charge in [-0.1, -0.05) is 38.1 Å². The predicted molar refractivity (Wildman–Crippen MR) is 82.4 cm³/mol. The second kappa shape index (κ2) is 6.73. The van der Waals surface area contributed by atoms with Crippen LogP contribution in [0.25, 0.3) is 11.1 Å². The number of nitrogens with two attached hydrogens (primary N) is 1. The Morgan fingerprint density at radius 1 is 1.11 bits per heavy atom. The lowest BCUT2D eigenvalue weighted by molar-refractivity contribution is 0.483. The number of nitrogens with zero attached hydrogens (tertiary/aromatic N) is 2. The molecular weight excluding hydrogens is 258 g/mol. The average Bonchev–Trinajstić information content (AvgIpc) is 2.76. The van der Waals surface area contributed by atoms with E-state index in [9.17, 15) is 0 Å². The van der Waals surface area contributed by atoms with Crippen LogP contribution in [0.1, 0.15) is 32.4 Å². The van der Waals surface area contributed by atoms with E-state index in [0.717, 1.165) is 17.7 Å². The summed E-state index contributed by atoms with van der Waals surface area (Å²) in [5.41, 5.74) is 9.35. The number of hydrogen-bond acceptors (Lipinski definition) is 2. The van der Waals surface area contributed by atoms with Crippen LogP contribution < -0.4 is 5.73 Å². The Labute approximate surface area is 121 Å². The third-order valence-corrected chi connectivity index (χ3v) is 2.96. The van der Waals surface area contributed by atoms with Gasteiger partial charge in [-0.25, -0.2) is 0 Å². The van der Waals surface area contributed by atoms with E-state index in [0.29, 0.717) is 5.92 Å². The largest absolute Gasteiger partial charge is 0.324 e. The quantitative estimate of drug-likeness (QED) is 0.928. The van der Waals surface area contributed by atoms with Crippen LogP contribution in [0.15, 0.2) is 36.7 Å². The Kier molecular flexibility index (Phi) is 5.58. The smallest absolute Gasteiger partial charge is 0.0568 e. The standard InChI is InChI=1S/C15H21N3.ClH/c1-11(2)9-18-10-15(8-17-18)14-6-4-13(5-7-14)12(3)16;/h4-8,10-12H,9,16H2,1-3H3;1H. The summed E-state index contributed by atoms with van der Waals surface area (Å²) in [6.07, 6.45) is 4.02. The van der Waals surface area contributed by atoms with Gasteiger partial charge in [-0.15, -0.1) is 12.4 Å². The highest BCUT2D eigenvalue weighted by Gasteiger charge is 2.04. The third-order valence-electron chi connectivity index (χ3n) is 2.96. The molecule has 4 heteroatoms. The van der Waals surface area contributed by atoms with Crippen LogP contribution in [0, 0.1) is 5.92 Å². The van der Waals surface area contributed by atoms with Crippen molar-refractivity contribution < 1.29 is 0 Å². The van der Waals surface area contributed by atoms with Crippen LogP contribution in [-0.2, 0) is 6.54 Å². The average molecular weight is 280 g/mol. The molecule has 2 N–H and O–H groups in total. The molecule has 1 atom stereocenters. The summed E-state index contributed by atoms with van der Waals surface area (Å²) in [4.78, 5) is 0. The second-order valence-corrected chi connectivity index (χ2v) is 5.26. The van der Waals surface area contributed by atoms with Gasteiger partial charge in [0.05, 0.1) is 6.20 Å². The molecule has 0 spiro atoms. The summed E-state index contributed by atoms with van der Waals surface area (Å²) in [6, 6.07) is 8.47. The maximum absolute atomic E-state index is 5.84. The first kappa shape index (κ1) is 15.7. The van der Waals surface area contributed by atoms with Gasteiger partial charge in [0.2, 0.25) is 0 Å². The Morgan fingerprint density at radius 3 is 2.26 bits per heavy atom. The van der Waals surface area contributed by atoms with Crippen molar-refractivity contribution in [2.75, 3.05) is 0 Å². The number of rotatable bonds is 4. The van der Waals surface area contributed by atoms with Gasteiger partial charge < -0.3 is 5.73 Å². The molecule has 0 aliphatic heterocycles. The van der Waals surface area contributed by atoms with Crippen LogP contribution in [0.2, 0.25) is 0 Å². The monoisotopic (exact) mass is 279 g/mol. The topological polar surface area (TPSA) is 43.8 Å². The Hall–Kier alpha value is -1.32. The van der Waals surface area contributed by atoms with Gasteiger partial charge in [0.25, 0.3) is 0 Å². The lowest BCUT2D eigenvalue weighted by atomic mass is 10.0. The van der Waals surface area contributed by atoms with Crippen molar-refractivity contribution in [3.63, 3.8) is 0 Å². The molecule has 0 aliphatic rings. The summed E-state index contributed by atoms with van der Waals surface area (Å²) in [7, 11) is 0. The molecule has 2 rings (SSSR count). The molecule has 1 aromatic carbocycles. The third kappa shape index (κ3) is 4.08. The van der Waals surface area contributed by atoms with Crippen LogP contribution in [0.3, 0.4) is 0 Å². The predicted octanol–water partition coefficient (Wildman–Crippen LogP) is 3.65. The minimum Gasteiger partial charge on any atom is -0.324 e. The van der Waals surface area contributed by atoms with E-state index in [4.69, 9.17) is 5.73 Å². The number of aromatic nitrogens is 2. The summed E-state index contributed by atoms with van der Waals surface area (Å²) in [6.45, 7) is 7.34. The molecule has 3 nitrogen and oxygen atoms in total. The van der Waals surface area contributed by atoms with E-state index >= 15 is 0 Å². The van der Waals surface area contributed by atoms with E-state index in [1.165, 1.54) is 5.56 Å². The molecule has 104 valence electrons. The van der Waals surface area contributed by atoms with Crippen molar-refractivity contribution >= 4 is 12.4 Å². The minimum atomic E-state index is 0. The van der Waals surface area contributed by atoms with Crippen LogP contribution in [-0.4, -0.2) is 9.78 Å². The zero-order valence-corrected chi connectivity index (χ0v) is 12.5. The van der Waals surface area contributed by atoms with Crippen molar-refractivity contribution in [1.82, 2.24) is 9.78 Å². The van der Waals surface area contributed by atoms with Crippen molar-refractivity contribution in [1.29, 1.82) is 0 Å². The Morgan fingerprint density at radius 2 is 1.74 bits per heavy atom.